The molecule has 0 spiro atoms. The largest absolute Gasteiger partial charge is 0.456 e. The molecule has 6 N–H and O–H groups in total. The van der Waals surface area contributed by atoms with Crippen LogP contribution in [0.25, 0.3) is 0 Å². The maximum atomic E-state index is 12.5. The Morgan fingerprint density at radius 3 is 2.02 bits per heavy atom. The molecule has 62 heavy (non-hydrogen) atoms. The van der Waals surface area contributed by atoms with Crippen LogP contribution in [0.5, 0.6) is 34.5 Å². The Morgan fingerprint density at radius 1 is 0.774 bits per heavy atom. The van der Waals surface area contributed by atoms with Crippen LogP contribution in [0, 0.1) is 24.2 Å². The second-order valence-electron chi connectivity index (χ2n) is 13.7. The van der Waals surface area contributed by atoms with Crippen molar-refractivity contribution in [2.24, 2.45) is 5.14 Å². The summed E-state index contributed by atoms with van der Waals surface area (Å²) in [6.45, 7) is 7.12. The molecule has 0 atom stereocenters. The summed E-state index contributed by atoms with van der Waals surface area (Å²) in [6.07, 6.45) is 2.55. The topological polar surface area (TPSA) is 245 Å². The quantitative estimate of drug-likeness (QED) is 0.0433. The molecule has 0 aliphatic carbocycles. The van der Waals surface area contributed by atoms with E-state index in [9.17, 15) is 31.7 Å². The summed E-state index contributed by atoms with van der Waals surface area (Å²) in [5, 5.41) is 18.4. The van der Waals surface area contributed by atoms with Crippen molar-refractivity contribution in [3.8, 4) is 34.5 Å². The van der Waals surface area contributed by atoms with Crippen LogP contribution in [-0.2, 0) is 20.0 Å². The molecule has 6 rings (SSSR count). The van der Waals surface area contributed by atoms with Crippen molar-refractivity contribution in [2.45, 2.75) is 43.0 Å². The van der Waals surface area contributed by atoms with Gasteiger partial charge < -0.3 is 25.3 Å². The molecule has 1 heterocycles. The number of ether oxygens (including phenoxy) is 3. The zero-order valence-electron chi connectivity index (χ0n) is 33.2. The third-order valence-electron chi connectivity index (χ3n) is 7.50. The van der Waals surface area contributed by atoms with E-state index >= 15 is 0 Å². The number of nitro benzene ring substituents is 1. The molecule has 0 saturated heterocycles. The van der Waals surface area contributed by atoms with Gasteiger partial charge in [0.25, 0.3) is 15.7 Å². The summed E-state index contributed by atoms with van der Waals surface area (Å²) < 4.78 is 69.8. The smallest absolute Gasteiger partial charge is 0.329 e. The number of primary sulfonamides is 1. The number of nitrogens with zero attached hydrogens (tertiary/aromatic N) is 2. The first-order valence-electron chi connectivity index (χ1n) is 17.8. The van der Waals surface area contributed by atoms with E-state index in [1.54, 1.807) is 57.2 Å². The highest BCUT2D eigenvalue weighted by molar-refractivity contribution is 14.1. The lowest BCUT2D eigenvalue weighted by atomic mass is 10.1. The molecular weight excluding hydrogens is 1130 g/mol. The number of nitrogen functional groups attached to an aromatic ring is 1. The molecule has 6 aromatic rings. The van der Waals surface area contributed by atoms with Crippen molar-refractivity contribution in [3.05, 3.63) is 155 Å². The molecular formula is C41H39BrI2N6O10S2. The molecule has 1 aromatic heterocycles. The van der Waals surface area contributed by atoms with Gasteiger partial charge in [-0.2, -0.15) is 0 Å². The number of non-ortho nitro benzene ring substituents is 1. The van der Waals surface area contributed by atoms with E-state index in [0.717, 1.165) is 36.8 Å². The number of rotatable bonds is 10. The van der Waals surface area contributed by atoms with Crippen molar-refractivity contribution < 1.29 is 40.8 Å². The van der Waals surface area contributed by atoms with Crippen molar-refractivity contribution in [2.75, 3.05) is 5.73 Å². The number of para-hydroxylation sites is 3. The fourth-order valence-corrected chi connectivity index (χ4v) is 8.04. The first-order valence-corrected chi connectivity index (χ1v) is 23.7. The number of nitrogens with one attached hydrogen (secondary N) is 2. The molecule has 21 heteroatoms. The number of sulfonamides is 2. The standard InChI is InChI=1S/C16H18IN3O4S.C13H11BrN2O5S.C12H10INO/c1-16(2,3)19-15(21)20-25(22,23)14-10-18-8-7-13(14)24-12-6-4-5-11(17)9-12;1-8-2-4-11(10(14)6-8)21-12-5-3-9(16(17)18)7-13(12)22(15,19)20;13-9-5-1-3-7-11(9)15-12-8-4-2-6-10(12)14/h4-10H,1-3H3,(H2,19,20,21);2-7H,1H3,(H2,15,19,20);1-8H,14H2. The monoisotopic (exact) mass is 1170 g/mol. The fraction of sp³-hybridized carbons (Fsp3) is 0.122. The minimum atomic E-state index is -4.18. The van der Waals surface area contributed by atoms with Gasteiger partial charge in [0.15, 0.2) is 5.75 Å². The average molecular weight is 1170 g/mol. The molecule has 0 aliphatic rings. The average Bonchev–Trinajstić information content (AvgIpc) is 3.17. The third kappa shape index (κ3) is 15.4. The molecule has 5 aromatic carbocycles. The van der Waals surface area contributed by atoms with Crippen LogP contribution in [0.1, 0.15) is 26.3 Å². The molecule has 0 saturated carbocycles. The van der Waals surface area contributed by atoms with Crippen LogP contribution < -0.4 is 35.1 Å². The Bertz CT molecular complexity index is 2750. The van der Waals surface area contributed by atoms with E-state index in [-0.39, 0.29) is 22.1 Å². The van der Waals surface area contributed by atoms with Crippen LogP contribution in [-0.4, -0.2) is 38.3 Å². The number of nitrogens with two attached hydrogens (primary N) is 2. The van der Waals surface area contributed by atoms with Gasteiger partial charge in [-0.05, 0) is 155 Å². The lowest BCUT2D eigenvalue weighted by Gasteiger charge is -2.21. The summed E-state index contributed by atoms with van der Waals surface area (Å²) >= 11 is 7.66. The summed E-state index contributed by atoms with van der Waals surface area (Å²) in [6, 6.07) is 31.5. The number of urea groups is 1. The van der Waals surface area contributed by atoms with Crippen molar-refractivity contribution >= 4 is 98.6 Å². The number of hydrogen-bond donors (Lipinski definition) is 4. The van der Waals surface area contributed by atoms with Gasteiger partial charge in [0.1, 0.15) is 38.5 Å². The van der Waals surface area contributed by atoms with Gasteiger partial charge >= 0.3 is 6.03 Å². The summed E-state index contributed by atoms with van der Waals surface area (Å²) in [5.41, 5.74) is 6.46. The van der Waals surface area contributed by atoms with Crippen LogP contribution >= 0.6 is 61.1 Å². The van der Waals surface area contributed by atoms with Crippen LogP contribution in [0.2, 0.25) is 0 Å². The minimum absolute atomic E-state index is 0.0769. The van der Waals surface area contributed by atoms with E-state index in [2.05, 4.69) is 71.4 Å². The second kappa shape index (κ2) is 21.8. The highest BCUT2D eigenvalue weighted by Gasteiger charge is 2.25. The molecule has 0 radical (unpaired) electrons. The third-order valence-corrected chi connectivity index (χ3v) is 12.0. The fourth-order valence-electron chi connectivity index (χ4n) is 4.80. The minimum Gasteiger partial charge on any atom is -0.456 e. The first kappa shape index (κ1) is 49.6. The number of carbonyl (C=O) groups excluding carboxylic acids is 1. The molecule has 0 bridgehead atoms. The van der Waals surface area contributed by atoms with Crippen molar-refractivity contribution in [1.82, 2.24) is 15.0 Å². The summed E-state index contributed by atoms with van der Waals surface area (Å²) in [7, 11) is -8.32. The number of anilines is 1. The van der Waals surface area contributed by atoms with Crippen molar-refractivity contribution in [1.29, 1.82) is 0 Å². The normalized spacial score (nSPS) is 11.1. The van der Waals surface area contributed by atoms with Crippen LogP contribution in [0.15, 0.2) is 142 Å². The molecule has 0 fully saturated rings. The molecule has 0 unspecified atom stereocenters. The lowest BCUT2D eigenvalue weighted by Crippen LogP contribution is -2.48. The van der Waals surface area contributed by atoms with Crippen LogP contribution in [0.3, 0.4) is 0 Å². The van der Waals surface area contributed by atoms with Gasteiger partial charge in [-0.1, -0.05) is 36.4 Å². The number of aryl methyl sites for hydroxylation is 1. The Hall–Kier alpha value is -5.08. The van der Waals surface area contributed by atoms with E-state index in [0.29, 0.717) is 27.4 Å². The summed E-state index contributed by atoms with van der Waals surface area (Å²) in [5.74, 6) is 2.36. The summed E-state index contributed by atoms with van der Waals surface area (Å²) in [4.78, 5) is 25.1. The number of amides is 2. The maximum absolute atomic E-state index is 12.5. The van der Waals surface area contributed by atoms with E-state index in [4.69, 9.17) is 25.1 Å². The predicted molar refractivity (Wildman–Crippen MR) is 256 cm³/mol. The van der Waals surface area contributed by atoms with E-state index in [1.165, 1.54) is 18.3 Å². The highest BCUT2D eigenvalue weighted by atomic mass is 127. The Kier molecular flexibility index (Phi) is 17.4. The number of nitro groups is 1. The Morgan fingerprint density at radius 2 is 1.40 bits per heavy atom. The SMILES string of the molecule is CC(C)(C)NC(=O)NS(=O)(=O)c1cnccc1Oc1cccc(I)c1.Cc1ccc(Oc2ccc([N+](=O)[O-])cc2S(N)(=O)=O)c(Br)c1.Nc1ccccc1Oc1ccccc1I. The van der Waals surface area contributed by atoms with Gasteiger partial charge in [0.05, 0.1) is 24.9 Å². The first-order chi connectivity index (χ1) is 29.0. The lowest BCUT2D eigenvalue weighted by molar-refractivity contribution is -0.385. The van der Waals surface area contributed by atoms with Gasteiger partial charge in [0.2, 0.25) is 10.0 Å². The Balaban J connectivity index is 0.000000210. The number of halogens is 3. The number of benzene rings is 5. The molecule has 16 nitrogen and oxygen atoms in total. The zero-order valence-corrected chi connectivity index (χ0v) is 40.7. The second-order valence-corrected chi connectivity index (χ2v) is 20.2. The number of hydrogen-bond acceptors (Lipinski definition) is 12. The number of pyridine rings is 1. The van der Waals surface area contributed by atoms with E-state index in [1.807, 2.05) is 66.2 Å². The maximum Gasteiger partial charge on any atom is 0.329 e. The molecule has 0 aliphatic heterocycles. The number of aromatic nitrogens is 1. The van der Waals surface area contributed by atoms with Gasteiger partial charge in [-0.3, -0.25) is 15.1 Å². The Labute approximate surface area is 394 Å². The van der Waals surface area contributed by atoms with Crippen molar-refractivity contribution in [3.63, 3.8) is 0 Å². The predicted octanol–water partition coefficient (Wildman–Crippen LogP) is 10.0. The zero-order chi connectivity index (χ0) is 45.8. The van der Waals surface area contributed by atoms with E-state index < -0.39 is 41.4 Å². The van der Waals surface area contributed by atoms with Crippen LogP contribution in [0.4, 0.5) is 16.2 Å². The van der Waals surface area contributed by atoms with Gasteiger partial charge in [-0.25, -0.2) is 31.5 Å². The highest BCUT2D eigenvalue weighted by Crippen LogP contribution is 2.36. The van der Waals surface area contributed by atoms with Gasteiger partial charge in [-0.15, -0.1) is 0 Å². The molecule has 2 amide bonds. The number of carbonyl (C=O) groups is 1. The van der Waals surface area contributed by atoms with Gasteiger partial charge in [0, 0.05) is 33.5 Å². The molecule has 326 valence electrons.